The Morgan fingerprint density at radius 1 is 1.30 bits per heavy atom. The lowest BCUT2D eigenvalue weighted by Crippen LogP contribution is -2.29. The highest BCUT2D eigenvalue weighted by Crippen LogP contribution is 2.16. The van der Waals surface area contributed by atoms with Gasteiger partial charge in [-0.15, -0.1) is 11.3 Å². The van der Waals surface area contributed by atoms with E-state index >= 15 is 0 Å². The molecule has 0 N–H and O–H groups in total. The molecular weight excluding hydrogens is 308 g/mol. The summed E-state index contributed by atoms with van der Waals surface area (Å²) in [6.07, 6.45) is 2.49. The number of ether oxygens (including phenoxy) is 1. The van der Waals surface area contributed by atoms with E-state index in [9.17, 15) is 4.79 Å². The fraction of sp³-hybridized carbons (Fsp3) is 0.444. The van der Waals surface area contributed by atoms with Gasteiger partial charge in [-0.3, -0.25) is 4.79 Å². The van der Waals surface area contributed by atoms with Crippen LogP contribution in [0.4, 0.5) is 0 Å². The third-order valence-electron chi connectivity index (χ3n) is 3.59. The zero-order valence-corrected chi connectivity index (χ0v) is 14.9. The Kier molecular flexibility index (Phi) is 6.59. The van der Waals surface area contributed by atoms with Crippen LogP contribution in [0.15, 0.2) is 29.6 Å². The van der Waals surface area contributed by atoms with Gasteiger partial charge < -0.3 is 9.64 Å². The Morgan fingerprint density at radius 3 is 2.74 bits per heavy atom. The Hall–Kier alpha value is -1.88. The summed E-state index contributed by atoms with van der Waals surface area (Å²) in [7, 11) is 1.85. The van der Waals surface area contributed by atoms with Gasteiger partial charge >= 0.3 is 0 Å². The lowest BCUT2D eigenvalue weighted by Gasteiger charge is -2.15. The molecule has 1 heterocycles. The van der Waals surface area contributed by atoms with Gasteiger partial charge in [0, 0.05) is 19.0 Å². The van der Waals surface area contributed by atoms with Crippen LogP contribution >= 0.6 is 11.3 Å². The second kappa shape index (κ2) is 8.67. The van der Waals surface area contributed by atoms with Crippen LogP contribution in [0.2, 0.25) is 0 Å². The van der Waals surface area contributed by atoms with E-state index in [0.717, 1.165) is 35.8 Å². The van der Waals surface area contributed by atoms with Crippen LogP contribution in [0.5, 0.6) is 5.75 Å². The molecule has 23 heavy (non-hydrogen) atoms. The number of carbonyl (C=O) groups excluding carboxylic acids is 1. The number of hydrogen-bond acceptors (Lipinski definition) is 4. The number of hydrogen-bond donors (Lipinski definition) is 0. The van der Waals surface area contributed by atoms with Crippen molar-refractivity contribution in [3.05, 3.63) is 45.9 Å². The van der Waals surface area contributed by atoms with Crippen molar-refractivity contribution in [2.45, 2.75) is 39.7 Å². The molecule has 124 valence electrons. The first kappa shape index (κ1) is 17.5. The minimum Gasteiger partial charge on any atom is -0.486 e. The van der Waals surface area contributed by atoms with Crippen molar-refractivity contribution in [3.8, 4) is 5.75 Å². The number of thiazole rings is 1. The number of benzene rings is 1. The second-order valence-corrected chi connectivity index (χ2v) is 6.62. The smallest absolute Gasteiger partial charge is 0.228 e. The molecule has 0 fully saturated rings. The van der Waals surface area contributed by atoms with Crippen LogP contribution in [0, 0.1) is 6.92 Å². The molecule has 0 saturated heterocycles. The maximum atomic E-state index is 12.1. The third kappa shape index (κ3) is 5.67. The molecule has 1 amide bonds. The number of unbranched alkanes of at least 4 members (excludes halogenated alkanes) is 1. The number of nitrogens with zero attached hydrogens (tertiary/aromatic N) is 2. The van der Waals surface area contributed by atoms with E-state index in [1.165, 1.54) is 16.9 Å². The molecule has 4 nitrogen and oxygen atoms in total. The number of carbonyl (C=O) groups is 1. The van der Waals surface area contributed by atoms with Gasteiger partial charge in [0.1, 0.15) is 17.4 Å². The number of rotatable bonds is 8. The van der Waals surface area contributed by atoms with Crippen molar-refractivity contribution in [3.63, 3.8) is 0 Å². The number of likely N-dealkylation sites (N-methyl/N-ethyl adjacent to an activating group) is 1. The lowest BCUT2D eigenvalue weighted by atomic mass is 10.2. The summed E-state index contributed by atoms with van der Waals surface area (Å²) in [5.74, 6) is 0.956. The quantitative estimate of drug-likeness (QED) is 0.738. The van der Waals surface area contributed by atoms with E-state index in [1.54, 1.807) is 4.90 Å². The van der Waals surface area contributed by atoms with Crippen molar-refractivity contribution in [2.75, 3.05) is 13.6 Å². The van der Waals surface area contributed by atoms with Crippen LogP contribution in [0.1, 0.15) is 36.0 Å². The van der Waals surface area contributed by atoms with Crippen molar-refractivity contribution >= 4 is 17.2 Å². The van der Waals surface area contributed by atoms with Gasteiger partial charge in [0.05, 0.1) is 12.1 Å². The molecule has 0 unspecified atom stereocenters. The van der Waals surface area contributed by atoms with Gasteiger partial charge in [0.15, 0.2) is 0 Å². The maximum Gasteiger partial charge on any atom is 0.228 e. The van der Waals surface area contributed by atoms with Gasteiger partial charge in [0.25, 0.3) is 0 Å². The van der Waals surface area contributed by atoms with Crippen molar-refractivity contribution in [2.24, 2.45) is 0 Å². The topological polar surface area (TPSA) is 42.4 Å². The minimum atomic E-state index is 0.120. The maximum absolute atomic E-state index is 12.1. The summed E-state index contributed by atoms with van der Waals surface area (Å²) in [4.78, 5) is 18.4. The third-order valence-corrected chi connectivity index (χ3v) is 4.46. The Labute approximate surface area is 142 Å². The molecule has 0 aliphatic carbocycles. The van der Waals surface area contributed by atoms with Gasteiger partial charge in [0.2, 0.25) is 5.91 Å². The van der Waals surface area contributed by atoms with E-state index in [-0.39, 0.29) is 5.91 Å². The first-order chi connectivity index (χ1) is 11.1. The monoisotopic (exact) mass is 332 g/mol. The molecule has 0 saturated carbocycles. The molecule has 5 heteroatoms. The van der Waals surface area contributed by atoms with Gasteiger partial charge in [-0.2, -0.15) is 0 Å². The highest BCUT2D eigenvalue weighted by atomic mass is 32.1. The summed E-state index contributed by atoms with van der Waals surface area (Å²) in [5, 5.41) is 2.84. The summed E-state index contributed by atoms with van der Waals surface area (Å²) >= 11 is 1.54. The SMILES string of the molecule is CCCCN(C)C(=O)Cc1csc(COc2ccc(C)cc2)n1. The largest absolute Gasteiger partial charge is 0.486 e. The predicted octanol–water partition coefficient (Wildman–Crippen LogP) is 3.83. The standard InChI is InChI=1S/C18H24N2O2S/c1-4-5-10-20(3)18(21)11-15-13-23-17(19-15)12-22-16-8-6-14(2)7-9-16/h6-9,13H,4-5,10-12H2,1-3H3. The van der Waals surface area contributed by atoms with Crippen LogP contribution in [0.3, 0.4) is 0 Å². The average molecular weight is 332 g/mol. The van der Waals surface area contributed by atoms with E-state index in [4.69, 9.17) is 4.74 Å². The molecule has 2 aromatic rings. The molecule has 0 bridgehead atoms. The van der Waals surface area contributed by atoms with E-state index in [0.29, 0.717) is 13.0 Å². The van der Waals surface area contributed by atoms with Gasteiger partial charge in [-0.05, 0) is 25.5 Å². The summed E-state index contributed by atoms with van der Waals surface area (Å²) < 4.78 is 5.72. The van der Waals surface area contributed by atoms with Gasteiger partial charge in [-0.1, -0.05) is 31.0 Å². The molecule has 0 atom stereocenters. The van der Waals surface area contributed by atoms with Gasteiger partial charge in [-0.25, -0.2) is 4.98 Å². The average Bonchev–Trinajstić information content (AvgIpc) is 2.99. The molecule has 0 radical (unpaired) electrons. The molecule has 1 aromatic carbocycles. The highest BCUT2D eigenvalue weighted by molar-refractivity contribution is 7.09. The normalized spacial score (nSPS) is 10.6. The fourth-order valence-corrected chi connectivity index (χ4v) is 2.79. The Balaban J connectivity index is 1.83. The van der Waals surface area contributed by atoms with Crippen LogP contribution < -0.4 is 4.74 Å². The van der Waals surface area contributed by atoms with E-state index in [2.05, 4.69) is 11.9 Å². The number of amides is 1. The summed E-state index contributed by atoms with van der Waals surface area (Å²) in [5.41, 5.74) is 2.03. The zero-order chi connectivity index (χ0) is 16.7. The predicted molar refractivity (Wildman–Crippen MR) is 93.9 cm³/mol. The first-order valence-electron chi connectivity index (χ1n) is 7.95. The van der Waals surface area contributed by atoms with Crippen molar-refractivity contribution in [1.29, 1.82) is 0 Å². The summed E-state index contributed by atoms with van der Waals surface area (Å²) in [6.45, 7) is 5.42. The fourth-order valence-electron chi connectivity index (χ4n) is 2.09. The van der Waals surface area contributed by atoms with Crippen molar-refractivity contribution < 1.29 is 9.53 Å². The lowest BCUT2D eigenvalue weighted by molar-refractivity contribution is -0.129. The number of aryl methyl sites for hydroxylation is 1. The first-order valence-corrected chi connectivity index (χ1v) is 8.83. The molecule has 0 aliphatic heterocycles. The minimum absolute atomic E-state index is 0.120. The Bertz CT molecular complexity index is 622. The second-order valence-electron chi connectivity index (χ2n) is 5.68. The molecular formula is C18H24N2O2S. The van der Waals surface area contributed by atoms with Crippen LogP contribution in [0.25, 0.3) is 0 Å². The number of aromatic nitrogens is 1. The van der Waals surface area contributed by atoms with E-state index < -0.39 is 0 Å². The zero-order valence-electron chi connectivity index (χ0n) is 14.0. The summed E-state index contributed by atoms with van der Waals surface area (Å²) in [6, 6.07) is 7.95. The molecule has 0 aliphatic rings. The van der Waals surface area contributed by atoms with Crippen LogP contribution in [-0.2, 0) is 17.8 Å². The Morgan fingerprint density at radius 2 is 2.04 bits per heavy atom. The van der Waals surface area contributed by atoms with Crippen LogP contribution in [-0.4, -0.2) is 29.4 Å². The molecule has 2 rings (SSSR count). The molecule has 1 aromatic heterocycles. The molecule has 0 spiro atoms. The van der Waals surface area contributed by atoms with Crippen molar-refractivity contribution in [1.82, 2.24) is 9.88 Å². The highest BCUT2D eigenvalue weighted by Gasteiger charge is 2.12. The van der Waals surface area contributed by atoms with E-state index in [1.807, 2.05) is 43.6 Å².